The van der Waals surface area contributed by atoms with Gasteiger partial charge in [-0.05, 0) is 92.3 Å². The van der Waals surface area contributed by atoms with Gasteiger partial charge < -0.3 is 8.83 Å². The predicted molar refractivity (Wildman–Crippen MR) is 237 cm³/mol. The molecule has 270 valence electrons. The molecule has 0 aliphatic carbocycles. The van der Waals surface area contributed by atoms with Gasteiger partial charge in [-0.1, -0.05) is 140 Å². The third-order valence-corrected chi connectivity index (χ3v) is 11.3. The highest BCUT2D eigenvalue weighted by Gasteiger charge is 2.18. The summed E-state index contributed by atoms with van der Waals surface area (Å²) >= 11 is 0. The van der Waals surface area contributed by atoms with Crippen LogP contribution in [0.4, 0.5) is 0 Å². The molecule has 0 bridgehead atoms. The number of nitrogens with zero attached hydrogens (tertiary/aromatic N) is 3. The summed E-state index contributed by atoms with van der Waals surface area (Å²) in [5, 5.41) is 8.85. The van der Waals surface area contributed by atoms with Gasteiger partial charge in [0, 0.05) is 38.2 Å². The van der Waals surface area contributed by atoms with Gasteiger partial charge in [0.25, 0.3) is 0 Å². The Kier molecular flexibility index (Phi) is 7.16. The number of hydrogen-bond acceptors (Lipinski definition) is 5. The molecule has 3 aromatic heterocycles. The van der Waals surface area contributed by atoms with Crippen LogP contribution in [0.1, 0.15) is 0 Å². The first-order valence-electron chi connectivity index (χ1n) is 19.4. The van der Waals surface area contributed by atoms with Gasteiger partial charge in [0.1, 0.15) is 22.3 Å². The van der Waals surface area contributed by atoms with Crippen molar-refractivity contribution >= 4 is 65.4 Å². The summed E-state index contributed by atoms with van der Waals surface area (Å²) in [5.41, 5.74) is 10.7. The molecule has 0 spiro atoms. The maximum absolute atomic E-state index is 6.28. The molecule has 0 aliphatic heterocycles. The fourth-order valence-corrected chi connectivity index (χ4v) is 8.37. The van der Waals surface area contributed by atoms with E-state index in [1.807, 2.05) is 48.5 Å². The van der Waals surface area contributed by atoms with Gasteiger partial charge in [0.15, 0.2) is 17.5 Å². The van der Waals surface area contributed by atoms with Crippen LogP contribution in [0.2, 0.25) is 0 Å². The van der Waals surface area contributed by atoms with E-state index in [0.29, 0.717) is 17.5 Å². The van der Waals surface area contributed by atoms with Crippen LogP contribution in [-0.4, -0.2) is 15.0 Å². The molecule has 0 radical (unpaired) electrons. The smallest absolute Gasteiger partial charge is 0.164 e. The van der Waals surface area contributed by atoms with E-state index in [9.17, 15) is 0 Å². The lowest BCUT2D eigenvalue weighted by atomic mass is 9.99. The van der Waals surface area contributed by atoms with Gasteiger partial charge in [0.05, 0.1) is 0 Å². The lowest BCUT2D eigenvalue weighted by Crippen LogP contribution is -2.00. The third-order valence-electron chi connectivity index (χ3n) is 11.3. The number of aromatic nitrogens is 3. The summed E-state index contributed by atoms with van der Waals surface area (Å²) in [4.78, 5) is 15.5. The van der Waals surface area contributed by atoms with Crippen molar-refractivity contribution in [2.75, 3.05) is 0 Å². The van der Waals surface area contributed by atoms with E-state index in [1.54, 1.807) is 0 Å². The zero-order valence-corrected chi connectivity index (χ0v) is 31.1. The number of para-hydroxylation sites is 2. The van der Waals surface area contributed by atoms with Crippen LogP contribution in [0.5, 0.6) is 0 Å². The fraction of sp³-hybridized carbons (Fsp3) is 0. The second kappa shape index (κ2) is 12.8. The predicted octanol–water partition coefficient (Wildman–Crippen LogP) is 14.3. The molecule has 5 nitrogen and oxygen atoms in total. The van der Waals surface area contributed by atoms with Crippen molar-refractivity contribution in [2.24, 2.45) is 0 Å². The Labute approximate surface area is 332 Å². The largest absolute Gasteiger partial charge is 0.456 e. The molecule has 0 N–H and O–H groups in total. The molecule has 9 aromatic carbocycles. The van der Waals surface area contributed by atoms with E-state index >= 15 is 0 Å². The second-order valence-corrected chi connectivity index (χ2v) is 14.8. The molecule has 58 heavy (non-hydrogen) atoms. The highest BCUT2D eigenvalue weighted by Crippen LogP contribution is 2.38. The van der Waals surface area contributed by atoms with E-state index in [1.165, 1.54) is 10.9 Å². The van der Waals surface area contributed by atoms with Crippen molar-refractivity contribution in [3.8, 4) is 56.4 Å². The van der Waals surface area contributed by atoms with E-state index in [2.05, 4.69) is 140 Å². The summed E-state index contributed by atoms with van der Waals surface area (Å²) in [6.07, 6.45) is 0. The third kappa shape index (κ3) is 5.36. The zero-order chi connectivity index (χ0) is 38.2. The summed E-state index contributed by atoms with van der Waals surface area (Å²) < 4.78 is 12.5. The van der Waals surface area contributed by atoms with Crippen LogP contribution < -0.4 is 0 Å². The molecule has 0 aliphatic rings. The first-order chi connectivity index (χ1) is 28.7. The van der Waals surface area contributed by atoms with Gasteiger partial charge in [-0.2, -0.15) is 0 Å². The van der Waals surface area contributed by atoms with Crippen molar-refractivity contribution in [1.82, 2.24) is 15.0 Å². The molecule has 0 saturated carbocycles. The molecule has 0 unspecified atom stereocenters. The summed E-state index contributed by atoms with van der Waals surface area (Å²) in [6, 6.07) is 65.3. The molecule has 5 heteroatoms. The molecule has 12 rings (SSSR count). The molecule has 0 saturated heterocycles. The first-order valence-corrected chi connectivity index (χ1v) is 19.4. The summed E-state index contributed by atoms with van der Waals surface area (Å²) in [6.45, 7) is 0. The van der Waals surface area contributed by atoms with Gasteiger partial charge in [0.2, 0.25) is 0 Å². The Morgan fingerprint density at radius 1 is 0.276 bits per heavy atom. The number of rotatable bonds is 5. The minimum Gasteiger partial charge on any atom is -0.456 e. The zero-order valence-electron chi connectivity index (χ0n) is 31.1. The van der Waals surface area contributed by atoms with Crippen LogP contribution >= 0.6 is 0 Å². The average molecular weight is 742 g/mol. The molecular weight excluding hydrogens is 711 g/mol. The van der Waals surface area contributed by atoms with Crippen LogP contribution in [0.25, 0.3) is 122 Å². The monoisotopic (exact) mass is 741 g/mol. The van der Waals surface area contributed by atoms with Gasteiger partial charge in [-0.3, -0.25) is 0 Å². The SMILES string of the molecule is c1ccc(-c2ccc3ccc(-c4nc(-c5ccc(-c6ccc7cc8c(cc7c6)oc6ccccc68)cc5)nc(-c5cccc6oc7ccccc7c56)n4)cc3c2)cc1. The van der Waals surface area contributed by atoms with Gasteiger partial charge >= 0.3 is 0 Å². The molecule has 0 amide bonds. The Morgan fingerprint density at radius 2 is 0.810 bits per heavy atom. The van der Waals surface area contributed by atoms with Crippen LogP contribution in [-0.2, 0) is 0 Å². The van der Waals surface area contributed by atoms with E-state index in [-0.39, 0.29) is 0 Å². The van der Waals surface area contributed by atoms with Gasteiger partial charge in [-0.15, -0.1) is 0 Å². The maximum atomic E-state index is 6.28. The fourth-order valence-electron chi connectivity index (χ4n) is 8.37. The number of hydrogen-bond donors (Lipinski definition) is 0. The maximum Gasteiger partial charge on any atom is 0.164 e. The lowest BCUT2D eigenvalue weighted by molar-refractivity contribution is 0.669. The summed E-state index contributed by atoms with van der Waals surface area (Å²) in [5.74, 6) is 1.79. The minimum absolute atomic E-state index is 0.589. The van der Waals surface area contributed by atoms with Crippen LogP contribution in [0.3, 0.4) is 0 Å². The molecular formula is C53H31N3O2. The molecule has 0 atom stereocenters. The van der Waals surface area contributed by atoms with Crippen molar-refractivity contribution in [3.05, 3.63) is 188 Å². The van der Waals surface area contributed by atoms with Crippen molar-refractivity contribution in [2.45, 2.75) is 0 Å². The van der Waals surface area contributed by atoms with E-state index in [0.717, 1.165) is 93.4 Å². The lowest BCUT2D eigenvalue weighted by Gasteiger charge is -2.11. The first kappa shape index (κ1) is 32.4. The second-order valence-electron chi connectivity index (χ2n) is 14.8. The Bertz CT molecular complexity index is 3570. The average Bonchev–Trinajstić information content (AvgIpc) is 3.86. The Hall–Kier alpha value is -7.89. The minimum atomic E-state index is 0.589. The summed E-state index contributed by atoms with van der Waals surface area (Å²) in [7, 11) is 0. The number of benzene rings is 9. The van der Waals surface area contributed by atoms with Crippen LogP contribution in [0.15, 0.2) is 197 Å². The topological polar surface area (TPSA) is 65.0 Å². The Morgan fingerprint density at radius 3 is 1.60 bits per heavy atom. The molecule has 0 fully saturated rings. The van der Waals surface area contributed by atoms with E-state index in [4.69, 9.17) is 23.8 Å². The van der Waals surface area contributed by atoms with Crippen LogP contribution in [0, 0.1) is 0 Å². The quantitative estimate of drug-likeness (QED) is 0.176. The standard InChI is InChI=1S/C53H31N3O2/c1-2-9-32(10-3-1)36-23-19-34-20-26-39(29-40(34)27-36)52-54-51(55-53(56-52)44-13-8-16-48-50(44)43-12-5-7-15-47(43)57-48)35-21-17-33(18-22-35)37-24-25-38-30-45-42-11-4-6-14-46(42)58-49(45)31-41(38)28-37/h1-31H. The van der Waals surface area contributed by atoms with Crippen molar-refractivity contribution < 1.29 is 8.83 Å². The normalized spacial score (nSPS) is 11.8. The highest BCUT2D eigenvalue weighted by molar-refractivity contribution is 6.12. The van der Waals surface area contributed by atoms with Crippen molar-refractivity contribution in [3.63, 3.8) is 0 Å². The van der Waals surface area contributed by atoms with E-state index < -0.39 is 0 Å². The molecule has 3 heterocycles. The molecule has 12 aromatic rings. The highest BCUT2D eigenvalue weighted by atomic mass is 16.3. The number of fused-ring (bicyclic) bond motifs is 8. The van der Waals surface area contributed by atoms with Crippen molar-refractivity contribution in [1.29, 1.82) is 0 Å². The van der Waals surface area contributed by atoms with Gasteiger partial charge in [-0.25, -0.2) is 15.0 Å². The Balaban J connectivity index is 0.981. The number of furan rings is 2.